The molecule has 156 valence electrons. The van der Waals surface area contributed by atoms with Gasteiger partial charge in [-0.15, -0.1) is 11.3 Å². The van der Waals surface area contributed by atoms with Crippen LogP contribution in [0.15, 0.2) is 69.4 Å². The van der Waals surface area contributed by atoms with Crippen molar-refractivity contribution in [3.63, 3.8) is 0 Å². The zero-order chi connectivity index (χ0) is 21.3. The molecule has 8 heteroatoms. The Morgan fingerprint density at radius 3 is 2.50 bits per heavy atom. The number of benzene rings is 2. The highest BCUT2D eigenvalue weighted by molar-refractivity contribution is 9.10. The van der Waals surface area contributed by atoms with Crippen LogP contribution in [0.2, 0.25) is 0 Å². The number of aliphatic carboxylic acids is 1. The summed E-state index contributed by atoms with van der Waals surface area (Å²) in [5, 5.41) is 13.6. The first-order chi connectivity index (χ1) is 14.5. The van der Waals surface area contributed by atoms with Crippen LogP contribution >= 0.6 is 27.3 Å². The third kappa shape index (κ3) is 6.40. The van der Waals surface area contributed by atoms with Gasteiger partial charge < -0.3 is 15.0 Å². The molecule has 3 rings (SSSR count). The average molecular weight is 488 g/mol. The van der Waals surface area contributed by atoms with Gasteiger partial charge in [-0.1, -0.05) is 46.3 Å². The second-order valence-corrected chi connectivity index (χ2v) is 8.36. The zero-order valence-corrected chi connectivity index (χ0v) is 18.7. The molecular weight excluding hydrogens is 466 g/mol. The van der Waals surface area contributed by atoms with Crippen molar-refractivity contribution in [1.29, 1.82) is 0 Å². The second-order valence-electron chi connectivity index (χ2n) is 6.61. The summed E-state index contributed by atoms with van der Waals surface area (Å²) in [5.41, 5.74) is 3.05. The molecule has 1 amide bonds. The fraction of sp³-hybridized carbons (Fsp3) is 0.227. The topological polar surface area (TPSA) is 83.7 Å². The van der Waals surface area contributed by atoms with Crippen molar-refractivity contribution in [3.05, 3.63) is 69.3 Å². The van der Waals surface area contributed by atoms with Crippen molar-refractivity contribution < 1.29 is 14.7 Å². The van der Waals surface area contributed by atoms with Crippen molar-refractivity contribution in [2.75, 3.05) is 6.54 Å². The van der Waals surface area contributed by atoms with Crippen LogP contribution in [0.3, 0.4) is 0 Å². The maximum absolute atomic E-state index is 11.7. The molecule has 0 spiro atoms. The van der Waals surface area contributed by atoms with Crippen LogP contribution < -0.4 is 10.1 Å². The van der Waals surface area contributed by atoms with E-state index in [2.05, 4.69) is 43.3 Å². The summed E-state index contributed by atoms with van der Waals surface area (Å²) in [6.45, 7) is 1.16. The number of hydrogen-bond acceptors (Lipinski definition) is 4. The fourth-order valence-corrected chi connectivity index (χ4v) is 4.09. The number of rotatable bonds is 9. The summed E-state index contributed by atoms with van der Waals surface area (Å²) in [6, 6.07) is 17.9. The third-order valence-electron chi connectivity index (χ3n) is 4.37. The minimum atomic E-state index is -0.967. The molecular formula is C22H22BrN3O3S. The summed E-state index contributed by atoms with van der Waals surface area (Å²) in [7, 11) is 0. The molecule has 0 unspecified atom stereocenters. The maximum atomic E-state index is 11.7. The minimum Gasteiger partial charge on any atom is -0.481 e. The van der Waals surface area contributed by atoms with Crippen molar-refractivity contribution in [2.24, 2.45) is 4.99 Å². The maximum Gasteiger partial charge on any atom is 0.303 e. The SMILES string of the molecule is O=C(O)CCC(=O)NCCCn1c(-c2ccc(Br)cc2)csc1=Nc1ccccc1. The first-order valence-electron chi connectivity index (χ1n) is 9.55. The Hall–Kier alpha value is -2.71. The highest BCUT2D eigenvalue weighted by Gasteiger charge is 2.09. The molecule has 0 aliphatic rings. The quantitative estimate of drug-likeness (QED) is 0.433. The van der Waals surface area contributed by atoms with E-state index in [4.69, 9.17) is 10.1 Å². The van der Waals surface area contributed by atoms with E-state index >= 15 is 0 Å². The van der Waals surface area contributed by atoms with Crippen LogP contribution in [0.1, 0.15) is 19.3 Å². The second kappa shape index (κ2) is 10.9. The first-order valence-corrected chi connectivity index (χ1v) is 11.2. The predicted molar refractivity (Wildman–Crippen MR) is 122 cm³/mol. The van der Waals surface area contributed by atoms with Crippen LogP contribution in [-0.2, 0) is 16.1 Å². The number of aromatic nitrogens is 1. The smallest absolute Gasteiger partial charge is 0.303 e. The lowest BCUT2D eigenvalue weighted by molar-refractivity contribution is -0.138. The molecule has 30 heavy (non-hydrogen) atoms. The molecule has 0 saturated heterocycles. The molecule has 0 fully saturated rings. The van der Waals surface area contributed by atoms with E-state index in [1.165, 1.54) is 0 Å². The number of hydrogen-bond donors (Lipinski definition) is 2. The fourth-order valence-electron chi connectivity index (χ4n) is 2.87. The highest BCUT2D eigenvalue weighted by Crippen LogP contribution is 2.23. The number of carbonyl (C=O) groups is 2. The number of halogens is 1. The minimum absolute atomic E-state index is 0.000336. The Labute approximate surface area is 187 Å². The van der Waals surface area contributed by atoms with Gasteiger partial charge >= 0.3 is 5.97 Å². The van der Waals surface area contributed by atoms with Gasteiger partial charge in [0.2, 0.25) is 5.91 Å². The largest absolute Gasteiger partial charge is 0.481 e. The molecule has 3 aromatic rings. The molecule has 6 nitrogen and oxygen atoms in total. The Morgan fingerprint density at radius 2 is 1.80 bits per heavy atom. The van der Waals surface area contributed by atoms with Gasteiger partial charge in [0.05, 0.1) is 17.8 Å². The van der Waals surface area contributed by atoms with Crippen molar-refractivity contribution in [1.82, 2.24) is 9.88 Å². The first kappa shape index (κ1) is 22.0. The average Bonchev–Trinajstić information content (AvgIpc) is 3.13. The third-order valence-corrected chi connectivity index (χ3v) is 5.76. The Morgan fingerprint density at radius 1 is 1.07 bits per heavy atom. The van der Waals surface area contributed by atoms with E-state index < -0.39 is 5.97 Å². The number of thiazole rings is 1. The number of carbonyl (C=O) groups excluding carboxylic acids is 1. The summed E-state index contributed by atoms with van der Waals surface area (Å²) >= 11 is 5.05. The van der Waals surface area contributed by atoms with E-state index in [0.717, 1.165) is 26.2 Å². The van der Waals surface area contributed by atoms with E-state index in [9.17, 15) is 9.59 Å². The van der Waals surface area contributed by atoms with Crippen LogP contribution in [0.5, 0.6) is 0 Å². The monoisotopic (exact) mass is 487 g/mol. The normalized spacial score (nSPS) is 11.4. The zero-order valence-electron chi connectivity index (χ0n) is 16.3. The van der Waals surface area contributed by atoms with Crippen LogP contribution in [0.25, 0.3) is 11.3 Å². The Balaban J connectivity index is 1.77. The van der Waals surface area contributed by atoms with Crippen molar-refractivity contribution in [3.8, 4) is 11.3 Å². The summed E-state index contributed by atoms with van der Waals surface area (Å²) < 4.78 is 3.18. The molecule has 2 N–H and O–H groups in total. The molecule has 0 bridgehead atoms. The lowest BCUT2D eigenvalue weighted by Gasteiger charge is -2.10. The number of nitrogens with zero attached hydrogens (tertiary/aromatic N) is 2. The van der Waals surface area contributed by atoms with Crippen LogP contribution in [-0.4, -0.2) is 28.1 Å². The van der Waals surface area contributed by atoms with E-state index in [-0.39, 0.29) is 18.7 Å². The highest BCUT2D eigenvalue weighted by atomic mass is 79.9. The van der Waals surface area contributed by atoms with Gasteiger partial charge in [0.1, 0.15) is 0 Å². The summed E-state index contributed by atoms with van der Waals surface area (Å²) in [6.07, 6.45) is 0.555. The number of carboxylic acids is 1. The van der Waals surface area contributed by atoms with Crippen molar-refractivity contribution in [2.45, 2.75) is 25.8 Å². The molecule has 0 atom stereocenters. The molecule has 2 aromatic carbocycles. The van der Waals surface area contributed by atoms with Crippen LogP contribution in [0.4, 0.5) is 5.69 Å². The number of carboxylic acid groups (broad SMARTS) is 1. The van der Waals surface area contributed by atoms with Gasteiger partial charge in [-0.05, 0) is 36.2 Å². The van der Waals surface area contributed by atoms with Gasteiger partial charge in [-0.25, -0.2) is 4.99 Å². The number of nitrogens with one attached hydrogen (secondary N) is 1. The predicted octanol–water partition coefficient (Wildman–Crippen LogP) is 4.58. The van der Waals surface area contributed by atoms with Gasteiger partial charge in [0, 0.05) is 29.4 Å². The van der Waals surface area contributed by atoms with Crippen LogP contribution in [0, 0.1) is 0 Å². The lowest BCUT2D eigenvalue weighted by Crippen LogP contribution is -2.26. The van der Waals surface area contributed by atoms with Gasteiger partial charge in [0.15, 0.2) is 4.80 Å². The summed E-state index contributed by atoms with van der Waals surface area (Å²) in [4.78, 5) is 28.0. The number of para-hydroxylation sites is 1. The Kier molecular flexibility index (Phi) is 7.98. The van der Waals surface area contributed by atoms with E-state index in [1.54, 1.807) is 11.3 Å². The van der Waals surface area contributed by atoms with Gasteiger partial charge in [-0.3, -0.25) is 9.59 Å². The standard InChI is InChI=1S/C22H22BrN3O3S/c23-17-9-7-16(8-10-17)19-15-30-22(25-18-5-2-1-3-6-18)26(19)14-4-13-24-20(27)11-12-21(28)29/h1-3,5-10,15H,4,11-14H2,(H,24,27)(H,28,29). The molecule has 0 aliphatic carbocycles. The molecule has 1 heterocycles. The molecule has 0 radical (unpaired) electrons. The lowest BCUT2D eigenvalue weighted by atomic mass is 10.2. The van der Waals surface area contributed by atoms with Gasteiger partial charge in [-0.2, -0.15) is 0 Å². The molecule has 0 saturated carbocycles. The summed E-state index contributed by atoms with van der Waals surface area (Å²) in [5.74, 6) is -1.21. The Bertz CT molecular complexity index is 1060. The van der Waals surface area contributed by atoms with Gasteiger partial charge in [0.25, 0.3) is 0 Å². The molecule has 0 aliphatic heterocycles. The molecule has 1 aromatic heterocycles. The van der Waals surface area contributed by atoms with Crippen molar-refractivity contribution >= 4 is 44.8 Å². The number of amides is 1. The van der Waals surface area contributed by atoms with E-state index in [0.29, 0.717) is 19.5 Å². The van der Waals surface area contributed by atoms with E-state index in [1.807, 2.05) is 42.5 Å².